The number of methoxy groups -OCH3 is 1. The van der Waals surface area contributed by atoms with Gasteiger partial charge in [-0.05, 0) is 61.4 Å². The van der Waals surface area contributed by atoms with Crippen molar-refractivity contribution in [2.75, 3.05) is 70.3 Å². The van der Waals surface area contributed by atoms with E-state index in [0.717, 1.165) is 50.8 Å². The zero-order valence-corrected chi connectivity index (χ0v) is 35.3. The van der Waals surface area contributed by atoms with Gasteiger partial charge in [-0.15, -0.1) is 0 Å². The highest BCUT2D eigenvalue weighted by Gasteiger charge is 2.14. The summed E-state index contributed by atoms with van der Waals surface area (Å²) in [5.41, 5.74) is 7.84. The molecule has 0 fully saturated rings. The Morgan fingerprint density at radius 1 is 0.532 bits per heavy atom. The molecule has 0 heterocycles. The van der Waals surface area contributed by atoms with E-state index in [9.17, 15) is 29.8 Å². The first-order chi connectivity index (χ1) is 30.1. The van der Waals surface area contributed by atoms with Crippen LogP contribution in [0.4, 0.5) is 22.7 Å². The smallest absolute Gasteiger partial charge is 0.338 e. The van der Waals surface area contributed by atoms with Crippen molar-refractivity contribution in [3.8, 4) is 23.0 Å². The Bertz CT molecular complexity index is 2000. The summed E-state index contributed by atoms with van der Waals surface area (Å²) >= 11 is 0. The molecule has 1 amide bonds. The predicted octanol–water partition coefficient (Wildman–Crippen LogP) is 8.32. The van der Waals surface area contributed by atoms with Gasteiger partial charge in [0.25, 0.3) is 17.3 Å². The van der Waals surface area contributed by atoms with Crippen LogP contribution in [0, 0.1) is 20.2 Å². The fourth-order valence-corrected chi connectivity index (χ4v) is 6.29. The number of nitrogens with two attached hydrogens (primary N) is 1. The van der Waals surface area contributed by atoms with E-state index < -0.39 is 15.8 Å². The summed E-state index contributed by atoms with van der Waals surface area (Å²) in [6.45, 7) is 2.79. The Balaban J connectivity index is 1.18. The number of nitrogens with zero attached hydrogens (tertiary/aromatic N) is 2. The number of amides is 1. The van der Waals surface area contributed by atoms with E-state index in [1.54, 1.807) is 48.5 Å². The summed E-state index contributed by atoms with van der Waals surface area (Å²) in [5, 5.41) is 31.1. The minimum absolute atomic E-state index is 0.00354. The van der Waals surface area contributed by atoms with E-state index >= 15 is 0 Å². The predicted molar refractivity (Wildman–Crippen MR) is 237 cm³/mol. The third-order valence-electron chi connectivity index (χ3n) is 9.51. The number of hydrogen-bond donors (Lipinski definition) is 4. The molecule has 4 aromatic carbocycles. The molecular weight excluding hydrogens is 801 g/mol. The van der Waals surface area contributed by atoms with Crippen molar-refractivity contribution >= 4 is 34.6 Å². The first kappa shape index (κ1) is 48.1. The van der Waals surface area contributed by atoms with Crippen LogP contribution in [0.3, 0.4) is 0 Å². The van der Waals surface area contributed by atoms with Gasteiger partial charge in [0.15, 0.2) is 0 Å². The van der Waals surface area contributed by atoms with Crippen molar-refractivity contribution in [1.82, 2.24) is 5.32 Å². The number of ether oxygens (including phenoxy) is 5. The van der Waals surface area contributed by atoms with Crippen LogP contribution in [0.15, 0.2) is 84.9 Å². The Morgan fingerprint density at radius 3 is 1.44 bits per heavy atom. The minimum Gasteiger partial charge on any atom is -0.493 e. The third kappa shape index (κ3) is 17.9. The number of anilines is 2. The first-order valence-corrected chi connectivity index (χ1v) is 21.0. The van der Waals surface area contributed by atoms with Crippen LogP contribution in [0.1, 0.15) is 84.9 Å². The fraction of sp³-hybridized carbons (Fsp3) is 0.422. The van der Waals surface area contributed by atoms with Crippen LogP contribution in [0.25, 0.3) is 0 Å². The van der Waals surface area contributed by atoms with Gasteiger partial charge in [-0.2, -0.15) is 0 Å². The largest absolute Gasteiger partial charge is 0.493 e. The Labute approximate surface area is 361 Å². The summed E-state index contributed by atoms with van der Waals surface area (Å²) < 4.78 is 28.3. The van der Waals surface area contributed by atoms with E-state index in [0.29, 0.717) is 53.9 Å². The fourth-order valence-electron chi connectivity index (χ4n) is 6.29. The molecule has 0 aliphatic carbocycles. The number of carbonyl (C=O) groups is 2. The number of rotatable bonds is 31. The topological polar surface area (TPSA) is 229 Å². The van der Waals surface area contributed by atoms with Crippen molar-refractivity contribution in [2.45, 2.75) is 64.2 Å². The number of nitro benzene ring substituents is 2. The van der Waals surface area contributed by atoms with E-state index in [1.807, 2.05) is 0 Å². The summed E-state index contributed by atoms with van der Waals surface area (Å²) in [4.78, 5) is 46.4. The Hall–Kier alpha value is -6.62. The van der Waals surface area contributed by atoms with Gasteiger partial charge < -0.3 is 45.4 Å². The van der Waals surface area contributed by atoms with Crippen LogP contribution in [-0.4, -0.2) is 81.4 Å². The zero-order chi connectivity index (χ0) is 44.4. The molecule has 17 heteroatoms. The molecule has 5 N–H and O–H groups in total. The highest BCUT2D eigenvalue weighted by atomic mass is 16.6. The molecule has 17 nitrogen and oxygen atoms in total. The van der Waals surface area contributed by atoms with Gasteiger partial charge >= 0.3 is 5.97 Å². The quantitative estimate of drug-likeness (QED) is 0.0161. The highest BCUT2D eigenvalue weighted by Crippen LogP contribution is 2.26. The second-order valence-corrected chi connectivity index (χ2v) is 14.3. The van der Waals surface area contributed by atoms with Crippen LogP contribution in [0.2, 0.25) is 0 Å². The number of benzene rings is 4. The lowest BCUT2D eigenvalue weighted by Gasteiger charge is -2.14. The molecular formula is C45H58N6O11. The van der Waals surface area contributed by atoms with E-state index in [2.05, 4.69) is 16.0 Å². The molecule has 0 unspecified atom stereocenters. The average molecular weight is 859 g/mol. The van der Waals surface area contributed by atoms with Gasteiger partial charge in [0.05, 0.1) is 35.7 Å². The number of unbranched alkanes of at least 4 members (excludes halogenated alkanes) is 9. The van der Waals surface area contributed by atoms with E-state index in [-0.39, 0.29) is 49.2 Å². The molecule has 334 valence electrons. The Kier molecular flexibility index (Phi) is 21.1. The zero-order valence-electron chi connectivity index (χ0n) is 35.3. The molecule has 0 saturated carbocycles. The van der Waals surface area contributed by atoms with Gasteiger partial charge in [-0.3, -0.25) is 25.0 Å². The molecule has 4 rings (SSSR count). The molecule has 62 heavy (non-hydrogen) atoms. The van der Waals surface area contributed by atoms with Crippen molar-refractivity contribution in [3.05, 3.63) is 116 Å². The maximum Gasteiger partial charge on any atom is 0.338 e. The average Bonchev–Trinajstić information content (AvgIpc) is 3.28. The number of carbonyl (C=O) groups excluding carboxylic acids is 2. The van der Waals surface area contributed by atoms with Gasteiger partial charge in [0, 0.05) is 73.0 Å². The molecule has 0 aromatic heterocycles. The minimum atomic E-state index is -0.548. The van der Waals surface area contributed by atoms with Crippen LogP contribution in [-0.2, 0) is 4.74 Å². The summed E-state index contributed by atoms with van der Waals surface area (Å²) in [6, 6.07) is 22.3. The molecule has 4 aromatic rings. The third-order valence-corrected chi connectivity index (χ3v) is 9.51. The number of nitro groups is 2. The van der Waals surface area contributed by atoms with Crippen molar-refractivity contribution in [1.29, 1.82) is 0 Å². The SMILES string of the molecule is COC(=O)c1cc(OCCN)cc(OCCNC(=O)c2cc(OCCCCCCCCCCCCNc3ccc([N+](=O)[O-])cc3)cc(OCCNc3ccc([N+](=O)[O-])cc3)c2)c1. The van der Waals surface area contributed by atoms with Crippen molar-refractivity contribution in [2.24, 2.45) is 5.73 Å². The first-order valence-electron chi connectivity index (χ1n) is 21.0. The standard InChI is InChI=1S/C45H58N6O11/c1-58-45(53)35-30-42(60-25-20-46)33-43(31-35)62-27-23-49-44(52)34-28-40(32-41(29-34)61-26-22-48-37-14-18-39(19-15-37)51(56)57)59-24-11-9-7-5-3-2-4-6-8-10-21-47-36-12-16-38(17-13-36)50(54)55/h12-19,28-33,47-48H,2-11,20-27,46H2,1H3,(H,49,52). The van der Waals surface area contributed by atoms with E-state index in [4.69, 9.17) is 29.4 Å². The highest BCUT2D eigenvalue weighted by molar-refractivity contribution is 5.95. The number of nitrogens with one attached hydrogen (secondary N) is 3. The van der Waals surface area contributed by atoms with Gasteiger partial charge in [-0.1, -0.05) is 51.4 Å². The van der Waals surface area contributed by atoms with Crippen LogP contribution in [0.5, 0.6) is 23.0 Å². The van der Waals surface area contributed by atoms with Gasteiger partial charge in [0.2, 0.25) is 0 Å². The summed E-state index contributed by atoms with van der Waals surface area (Å²) in [5.74, 6) is 0.801. The molecule has 0 aliphatic rings. The molecule has 0 atom stereocenters. The van der Waals surface area contributed by atoms with Crippen molar-refractivity contribution in [3.63, 3.8) is 0 Å². The second-order valence-electron chi connectivity index (χ2n) is 14.3. The molecule has 0 spiro atoms. The van der Waals surface area contributed by atoms with Gasteiger partial charge in [0.1, 0.15) is 42.8 Å². The molecule has 0 bridgehead atoms. The molecule has 0 radical (unpaired) electrons. The number of esters is 1. The lowest BCUT2D eigenvalue weighted by Crippen LogP contribution is -2.28. The number of hydrogen-bond acceptors (Lipinski definition) is 14. The maximum absolute atomic E-state index is 13.3. The summed E-state index contributed by atoms with van der Waals surface area (Å²) in [7, 11) is 1.28. The maximum atomic E-state index is 13.3. The van der Waals surface area contributed by atoms with Crippen LogP contribution < -0.4 is 40.6 Å². The van der Waals surface area contributed by atoms with Crippen LogP contribution >= 0.6 is 0 Å². The van der Waals surface area contributed by atoms with Crippen molar-refractivity contribution < 1.29 is 43.1 Å². The lowest BCUT2D eigenvalue weighted by molar-refractivity contribution is -0.385. The van der Waals surface area contributed by atoms with E-state index in [1.165, 1.54) is 69.2 Å². The normalized spacial score (nSPS) is 10.7. The van der Waals surface area contributed by atoms with Gasteiger partial charge in [-0.25, -0.2) is 4.79 Å². The molecule has 0 saturated heterocycles. The second kappa shape index (κ2) is 27.3. The monoisotopic (exact) mass is 858 g/mol. The Morgan fingerprint density at radius 2 is 0.952 bits per heavy atom. The lowest BCUT2D eigenvalue weighted by atomic mass is 10.1. The summed E-state index contributed by atoms with van der Waals surface area (Å²) in [6.07, 6.45) is 11.1. The number of non-ortho nitro benzene ring substituents is 2. The molecule has 0 aliphatic heterocycles.